The number of hydrogen-bond donors (Lipinski definition) is 1. The van der Waals surface area contributed by atoms with Crippen molar-refractivity contribution >= 4 is 10.9 Å². The zero-order chi connectivity index (χ0) is 15.7. The number of benzene rings is 2. The Kier molecular flexibility index (Phi) is 3.68. The van der Waals surface area contributed by atoms with Gasteiger partial charge in [-0.3, -0.25) is 9.36 Å². The van der Waals surface area contributed by atoms with E-state index in [-0.39, 0.29) is 17.7 Å². The van der Waals surface area contributed by atoms with Crippen molar-refractivity contribution in [2.24, 2.45) is 0 Å². The lowest BCUT2D eigenvalue weighted by Crippen LogP contribution is -2.24. The van der Waals surface area contributed by atoms with Gasteiger partial charge in [0.25, 0.3) is 5.56 Å². The SMILES string of the molecule is O=c1c2ccccc2ncn1C[C@@H](O)c1ccc(F)cc1F. The highest BCUT2D eigenvalue weighted by molar-refractivity contribution is 5.76. The van der Waals surface area contributed by atoms with Gasteiger partial charge in [0.15, 0.2) is 0 Å². The van der Waals surface area contributed by atoms with Crippen molar-refractivity contribution in [3.8, 4) is 0 Å². The third kappa shape index (κ3) is 2.60. The monoisotopic (exact) mass is 302 g/mol. The number of aromatic nitrogens is 2. The van der Waals surface area contributed by atoms with Crippen molar-refractivity contribution in [3.05, 3.63) is 76.3 Å². The summed E-state index contributed by atoms with van der Waals surface area (Å²) in [7, 11) is 0. The number of para-hydroxylation sites is 1. The molecule has 0 bridgehead atoms. The first kappa shape index (κ1) is 14.3. The van der Waals surface area contributed by atoms with Crippen molar-refractivity contribution in [2.75, 3.05) is 0 Å². The van der Waals surface area contributed by atoms with E-state index in [0.717, 1.165) is 12.1 Å². The summed E-state index contributed by atoms with van der Waals surface area (Å²) in [5.74, 6) is -1.58. The molecule has 0 amide bonds. The zero-order valence-electron chi connectivity index (χ0n) is 11.4. The highest BCUT2D eigenvalue weighted by Crippen LogP contribution is 2.19. The van der Waals surface area contributed by atoms with Crippen LogP contribution in [0.15, 0.2) is 53.6 Å². The van der Waals surface area contributed by atoms with Crippen LogP contribution in [0.5, 0.6) is 0 Å². The van der Waals surface area contributed by atoms with Crippen LogP contribution in [0.4, 0.5) is 8.78 Å². The summed E-state index contributed by atoms with van der Waals surface area (Å²) in [4.78, 5) is 16.4. The fourth-order valence-corrected chi connectivity index (χ4v) is 2.29. The molecule has 0 unspecified atom stereocenters. The molecule has 1 heterocycles. The fraction of sp³-hybridized carbons (Fsp3) is 0.125. The predicted octanol–water partition coefficient (Wildman–Crippen LogP) is 2.41. The van der Waals surface area contributed by atoms with E-state index < -0.39 is 17.7 Å². The Balaban J connectivity index is 1.96. The van der Waals surface area contributed by atoms with Crippen LogP contribution in [0.25, 0.3) is 10.9 Å². The third-order valence-electron chi connectivity index (χ3n) is 3.42. The molecule has 0 aliphatic carbocycles. The molecule has 3 rings (SSSR count). The Hall–Kier alpha value is -2.60. The lowest BCUT2D eigenvalue weighted by Gasteiger charge is -2.14. The number of aliphatic hydroxyl groups is 1. The average Bonchev–Trinajstić information content (AvgIpc) is 2.50. The second-order valence-electron chi connectivity index (χ2n) is 4.90. The van der Waals surface area contributed by atoms with Gasteiger partial charge in [0.05, 0.1) is 29.9 Å². The molecular formula is C16H12F2N2O2. The summed E-state index contributed by atoms with van der Waals surface area (Å²) in [6, 6.07) is 9.73. The Morgan fingerprint density at radius 1 is 1.18 bits per heavy atom. The minimum atomic E-state index is -1.28. The number of rotatable bonds is 3. The van der Waals surface area contributed by atoms with Crippen molar-refractivity contribution in [1.29, 1.82) is 0 Å². The quantitative estimate of drug-likeness (QED) is 0.808. The van der Waals surface area contributed by atoms with Gasteiger partial charge in [-0.1, -0.05) is 18.2 Å². The summed E-state index contributed by atoms with van der Waals surface area (Å²) in [6.07, 6.45) is 0.0243. The van der Waals surface area contributed by atoms with Crippen LogP contribution in [-0.2, 0) is 6.54 Å². The molecule has 1 atom stereocenters. The van der Waals surface area contributed by atoms with E-state index in [9.17, 15) is 18.7 Å². The standard InChI is InChI=1S/C16H12F2N2O2/c17-10-5-6-11(13(18)7-10)15(21)8-20-9-19-14-4-2-1-3-12(14)16(20)22/h1-7,9,15,21H,8H2/t15-/m1/s1. The topological polar surface area (TPSA) is 55.1 Å². The van der Waals surface area contributed by atoms with Crippen LogP contribution < -0.4 is 5.56 Å². The van der Waals surface area contributed by atoms with Gasteiger partial charge in [-0.15, -0.1) is 0 Å². The van der Waals surface area contributed by atoms with Gasteiger partial charge in [-0.25, -0.2) is 13.8 Å². The molecule has 1 N–H and O–H groups in total. The lowest BCUT2D eigenvalue weighted by atomic mass is 10.1. The molecule has 0 radical (unpaired) electrons. The highest BCUT2D eigenvalue weighted by Gasteiger charge is 2.15. The molecule has 0 saturated heterocycles. The fourth-order valence-electron chi connectivity index (χ4n) is 2.29. The smallest absolute Gasteiger partial charge is 0.261 e. The zero-order valence-corrected chi connectivity index (χ0v) is 11.4. The molecule has 1 aromatic heterocycles. The molecule has 0 aliphatic heterocycles. The first-order valence-electron chi connectivity index (χ1n) is 6.63. The Morgan fingerprint density at radius 2 is 1.95 bits per heavy atom. The molecule has 4 nitrogen and oxygen atoms in total. The molecular weight excluding hydrogens is 290 g/mol. The number of halogens is 2. The van der Waals surface area contributed by atoms with Gasteiger partial charge in [0.1, 0.15) is 11.6 Å². The van der Waals surface area contributed by atoms with E-state index >= 15 is 0 Å². The molecule has 22 heavy (non-hydrogen) atoms. The maximum absolute atomic E-state index is 13.7. The van der Waals surface area contributed by atoms with Crippen molar-refractivity contribution in [1.82, 2.24) is 9.55 Å². The van der Waals surface area contributed by atoms with Gasteiger partial charge in [0, 0.05) is 11.6 Å². The van der Waals surface area contributed by atoms with E-state index in [1.807, 2.05) is 0 Å². The van der Waals surface area contributed by atoms with Gasteiger partial charge >= 0.3 is 0 Å². The first-order valence-corrected chi connectivity index (χ1v) is 6.63. The summed E-state index contributed by atoms with van der Waals surface area (Å²) in [5, 5.41) is 10.5. The van der Waals surface area contributed by atoms with E-state index in [1.165, 1.54) is 10.9 Å². The maximum Gasteiger partial charge on any atom is 0.261 e. The third-order valence-corrected chi connectivity index (χ3v) is 3.42. The van der Waals surface area contributed by atoms with Gasteiger partial charge in [-0.05, 0) is 18.2 Å². The maximum atomic E-state index is 13.7. The van der Waals surface area contributed by atoms with Crippen LogP contribution in [0.1, 0.15) is 11.7 Å². The van der Waals surface area contributed by atoms with Gasteiger partial charge in [-0.2, -0.15) is 0 Å². The van der Waals surface area contributed by atoms with E-state index in [0.29, 0.717) is 17.0 Å². The summed E-state index contributed by atoms with van der Waals surface area (Å²) < 4.78 is 27.7. The Bertz CT molecular complexity index is 893. The highest BCUT2D eigenvalue weighted by atomic mass is 19.1. The van der Waals surface area contributed by atoms with Crippen molar-refractivity contribution in [3.63, 3.8) is 0 Å². The normalized spacial score (nSPS) is 12.5. The number of nitrogens with zero attached hydrogens (tertiary/aromatic N) is 2. The number of fused-ring (bicyclic) bond motifs is 1. The largest absolute Gasteiger partial charge is 0.386 e. The van der Waals surface area contributed by atoms with Crippen LogP contribution in [-0.4, -0.2) is 14.7 Å². The molecule has 2 aromatic carbocycles. The van der Waals surface area contributed by atoms with Crippen molar-refractivity contribution in [2.45, 2.75) is 12.6 Å². The Labute approximate surface area is 124 Å². The molecule has 0 spiro atoms. The molecule has 3 aromatic rings. The average molecular weight is 302 g/mol. The van der Waals surface area contributed by atoms with E-state index in [2.05, 4.69) is 4.98 Å². The molecule has 112 valence electrons. The van der Waals surface area contributed by atoms with Gasteiger partial charge < -0.3 is 5.11 Å². The first-order chi connectivity index (χ1) is 10.6. The number of hydrogen-bond acceptors (Lipinski definition) is 3. The van der Waals surface area contributed by atoms with E-state index in [1.54, 1.807) is 24.3 Å². The molecule has 0 aliphatic rings. The van der Waals surface area contributed by atoms with Gasteiger partial charge in [0.2, 0.25) is 0 Å². The summed E-state index contributed by atoms with van der Waals surface area (Å²) in [6.45, 7) is -0.167. The minimum Gasteiger partial charge on any atom is -0.386 e. The summed E-state index contributed by atoms with van der Waals surface area (Å²) in [5.41, 5.74) is 0.153. The molecule has 0 saturated carbocycles. The van der Waals surface area contributed by atoms with Crippen molar-refractivity contribution < 1.29 is 13.9 Å². The van der Waals surface area contributed by atoms with Crippen LogP contribution in [0.3, 0.4) is 0 Å². The second kappa shape index (κ2) is 5.65. The van der Waals surface area contributed by atoms with Crippen LogP contribution in [0, 0.1) is 11.6 Å². The van der Waals surface area contributed by atoms with Crippen LogP contribution >= 0.6 is 0 Å². The predicted molar refractivity (Wildman–Crippen MR) is 77.3 cm³/mol. The molecule has 6 heteroatoms. The minimum absolute atomic E-state index is 0.0681. The number of aliphatic hydroxyl groups excluding tert-OH is 1. The second-order valence-corrected chi connectivity index (χ2v) is 4.90. The van der Waals surface area contributed by atoms with E-state index in [4.69, 9.17) is 0 Å². The summed E-state index contributed by atoms with van der Waals surface area (Å²) >= 11 is 0. The lowest BCUT2D eigenvalue weighted by molar-refractivity contribution is 0.150. The van der Waals surface area contributed by atoms with Crippen LogP contribution in [0.2, 0.25) is 0 Å². The Morgan fingerprint density at radius 3 is 2.73 bits per heavy atom. The molecule has 0 fully saturated rings.